The standard InChI is InChI=1S/C31H30BrFN4O7/c1-4-42-30(39)28-18(2)35-31(40)36-29(28)20-7-11-25(26(14-20)41-3)44-17-27(38)37-34-15-21-13-22(32)8-12-24(21)43-16-19-5-9-23(33)10-6-19/h5-15,29H,4,16-17H2,1-3H3,(H,37,38)(H2,35,36,40)/b34-15-/t29-/m1/s1. The van der Waals surface area contributed by atoms with Crippen LogP contribution in [0, 0.1) is 5.82 Å². The van der Waals surface area contributed by atoms with Crippen molar-refractivity contribution < 1.29 is 37.7 Å². The summed E-state index contributed by atoms with van der Waals surface area (Å²) in [6.45, 7) is 3.32. The summed E-state index contributed by atoms with van der Waals surface area (Å²) in [4.78, 5) is 37.3. The predicted octanol–water partition coefficient (Wildman–Crippen LogP) is 4.90. The number of hydrogen-bond acceptors (Lipinski definition) is 8. The van der Waals surface area contributed by atoms with E-state index in [1.807, 2.05) is 0 Å². The highest BCUT2D eigenvalue weighted by Crippen LogP contribution is 2.34. The minimum atomic E-state index is -0.786. The van der Waals surface area contributed by atoms with E-state index in [4.69, 9.17) is 18.9 Å². The summed E-state index contributed by atoms with van der Waals surface area (Å²) in [5.41, 5.74) is 4.98. The minimum Gasteiger partial charge on any atom is -0.493 e. The van der Waals surface area contributed by atoms with Gasteiger partial charge in [-0.05, 0) is 67.4 Å². The van der Waals surface area contributed by atoms with Gasteiger partial charge in [0.05, 0.1) is 31.5 Å². The van der Waals surface area contributed by atoms with Crippen molar-refractivity contribution in [2.45, 2.75) is 26.5 Å². The fourth-order valence-corrected chi connectivity index (χ4v) is 4.63. The molecule has 0 aliphatic carbocycles. The van der Waals surface area contributed by atoms with Crippen LogP contribution in [-0.4, -0.2) is 44.4 Å². The molecule has 4 rings (SSSR count). The lowest BCUT2D eigenvalue weighted by molar-refractivity contribution is -0.139. The smallest absolute Gasteiger partial charge is 0.338 e. The van der Waals surface area contributed by atoms with Crippen molar-refractivity contribution >= 4 is 40.1 Å². The number of benzene rings is 3. The van der Waals surface area contributed by atoms with Gasteiger partial charge in [-0.25, -0.2) is 19.4 Å². The highest BCUT2D eigenvalue weighted by Gasteiger charge is 2.32. The van der Waals surface area contributed by atoms with Gasteiger partial charge >= 0.3 is 12.0 Å². The topological polar surface area (TPSA) is 137 Å². The van der Waals surface area contributed by atoms with Crippen molar-refractivity contribution in [2.75, 3.05) is 20.3 Å². The quantitative estimate of drug-likeness (QED) is 0.142. The van der Waals surface area contributed by atoms with Crippen molar-refractivity contribution in [2.24, 2.45) is 5.10 Å². The molecule has 3 aromatic carbocycles. The molecule has 230 valence electrons. The van der Waals surface area contributed by atoms with Crippen molar-refractivity contribution in [3.05, 3.63) is 98.9 Å². The Bertz CT molecular complexity index is 1590. The normalized spacial score (nSPS) is 14.5. The lowest BCUT2D eigenvalue weighted by Gasteiger charge is -2.28. The summed E-state index contributed by atoms with van der Waals surface area (Å²) in [7, 11) is 1.43. The Morgan fingerprint density at radius 2 is 1.80 bits per heavy atom. The fourth-order valence-electron chi connectivity index (χ4n) is 4.25. The maximum absolute atomic E-state index is 13.2. The molecule has 0 saturated carbocycles. The SMILES string of the molecule is CCOC(=O)C1=C(C)NC(=O)N[C@@H]1c1ccc(OCC(=O)N/N=C\c2cc(Br)ccc2OCc2ccc(F)cc2)c(OC)c1. The second-order valence-electron chi connectivity index (χ2n) is 9.38. The van der Waals surface area contributed by atoms with E-state index in [1.165, 1.54) is 25.5 Å². The van der Waals surface area contributed by atoms with Crippen LogP contribution in [0.4, 0.5) is 9.18 Å². The zero-order chi connectivity index (χ0) is 31.6. The van der Waals surface area contributed by atoms with Crippen molar-refractivity contribution in [1.29, 1.82) is 0 Å². The van der Waals surface area contributed by atoms with Gasteiger partial charge in [-0.2, -0.15) is 5.10 Å². The van der Waals surface area contributed by atoms with Gasteiger partial charge in [-0.1, -0.05) is 34.1 Å². The molecule has 1 aliphatic rings. The minimum absolute atomic E-state index is 0.174. The molecule has 11 nitrogen and oxygen atoms in total. The molecule has 0 fully saturated rings. The molecule has 0 radical (unpaired) electrons. The second-order valence-corrected chi connectivity index (χ2v) is 10.3. The van der Waals surface area contributed by atoms with Crippen molar-refractivity contribution in [3.8, 4) is 17.2 Å². The number of urea groups is 1. The molecule has 3 N–H and O–H groups in total. The van der Waals surface area contributed by atoms with Crippen LogP contribution in [0.25, 0.3) is 0 Å². The third kappa shape index (κ3) is 8.34. The van der Waals surface area contributed by atoms with E-state index in [1.54, 1.807) is 62.4 Å². The van der Waals surface area contributed by atoms with Crippen LogP contribution in [0.1, 0.15) is 36.6 Å². The highest BCUT2D eigenvalue weighted by molar-refractivity contribution is 9.10. The third-order valence-electron chi connectivity index (χ3n) is 6.32. The number of carbonyl (C=O) groups is 3. The molecule has 1 atom stereocenters. The molecule has 0 unspecified atom stereocenters. The summed E-state index contributed by atoms with van der Waals surface area (Å²) in [5, 5.41) is 9.32. The first-order valence-electron chi connectivity index (χ1n) is 13.4. The zero-order valence-electron chi connectivity index (χ0n) is 24.1. The van der Waals surface area contributed by atoms with Gasteiger partial charge in [0.25, 0.3) is 5.91 Å². The van der Waals surface area contributed by atoms with Gasteiger partial charge in [-0.15, -0.1) is 0 Å². The molecule has 3 amide bonds. The van der Waals surface area contributed by atoms with E-state index < -0.39 is 23.9 Å². The molecular weight excluding hydrogens is 639 g/mol. The van der Waals surface area contributed by atoms with Gasteiger partial charge in [-0.3, -0.25) is 4.79 Å². The van der Waals surface area contributed by atoms with Crippen LogP contribution in [0.2, 0.25) is 0 Å². The Balaban J connectivity index is 1.39. The number of carbonyl (C=O) groups excluding carboxylic acids is 3. The largest absolute Gasteiger partial charge is 0.493 e. The fraction of sp³-hybridized carbons (Fsp3) is 0.226. The van der Waals surface area contributed by atoms with E-state index in [2.05, 4.69) is 37.1 Å². The number of hydrogen-bond donors (Lipinski definition) is 3. The first kappa shape index (κ1) is 32.0. The first-order valence-corrected chi connectivity index (χ1v) is 14.2. The summed E-state index contributed by atoms with van der Waals surface area (Å²) in [6.07, 6.45) is 1.43. The number of nitrogens with one attached hydrogen (secondary N) is 3. The molecule has 0 aromatic heterocycles. The number of allylic oxidation sites excluding steroid dienone is 1. The van der Waals surface area contributed by atoms with Crippen LogP contribution >= 0.6 is 15.9 Å². The van der Waals surface area contributed by atoms with Gasteiger partial charge in [0.15, 0.2) is 18.1 Å². The summed E-state index contributed by atoms with van der Waals surface area (Å²) >= 11 is 3.41. The van der Waals surface area contributed by atoms with E-state index >= 15 is 0 Å². The molecule has 1 heterocycles. The number of hydrazone groups is 1. The maximum atomic E-state index is 13.2. The first-order chi connectivity index (χ1) is 21.2. The molecule has 0 saturated heterocycles. The number of rotatable bonds is 12. The molecule has 13 heteroatoms. The van der Waals surface area contributed by atoms with Crippen LogP contribution in [0.3, 0.4) is 0 Å². The van der Waals surface area contributed by atoms with Crippen molar-refractivity contribution in [3.63, 3.8) is 0 Å². The Kier molecular flexibility index (Phi) is 10.9. The lowest BCUT2D eigenvalue weighted by Crippen LogP contribution is -2.45. The maximum Gasteiger partial charge on any atom is 0.338 e. The molecule has 44 heavy (non-hydrogen) atoms. The number of nitrogens with zero attached hydrogens (tertiary/aromatic N) is 1. The Labute approximate surface area is 261 Å². The van der Waals surface area contributed by atoms with Gasteiger partial charge < -0.3 is 29.6 Å². The molecule has 0 spiro atoms. The van der Waals surface area contributed by atoms with Crippen LogP contribution in [0.15, 0.2) is 81.5 Å². The molecule has 3 aromatic rings. The monoisotopic (exact) mass is 668 g/mol. The summed E-state index contributed by atoms with van der Waals surface area (Å²) < 4.78 is 36.1. The zero-order valence-corrected chi connectivity index (χ0v) is 25.7. The summed E-state index contributed by atoms with van der Waals surface area (Å²) in [6, 6.07) is 14.9. The van der Waals surface area contributed by atoms with Gasteiger partial charge in [0.2, 0.25) is 0 Å². The average molecular weight is 670 g/mol. The molecule has 0 bridgehead atoms. The van der Waals surface area contributed by atoms with Crippen LogP contribution in [-0.2, 0) is 20.9 Å². The third-order valence-corrected chi connectivity index (χ3v) is 6.81. The van der Waals surface area contributed by atoms with Gasteiger partial charge in [0, 0.05) is 15.7 Å². The Morgan fingerprint density at radius 3 is 2.52 bits per heavy atom. The van der Waals surface area contributed by atoms with E-state index in [0.717, 1.165) is 10.0 Å². The summed E-state index contributed by atoms with van der Waals surface area (Å²) in [5.74, 6) is -0.372. The predicted molar refractivity (Wildman–Crippen MR) is 163 cm³/mol. The van der Waals surface area contributed by atoms with Crippen molar-refractivity contribution in [1.82, 2.24) is 16.1 Å². The highest BCUT2D eigenvalue weighted by atomic mass is 79.9. The number of ether oxygens (including phenoxy) is 4. The number of esters is 1. The number of amides is 3. The molecular formula is C31H30BrFN4O7. The van der Waals surface area contributed by atoms with Crippen LogP contribution in [0.5, 0.6) is 17.2 Å². The lowest BCUT2D eigenvalue weighted by atomic mass is 9.95. The number of halogens is 2. The molecule has 1 aliphatic heterocycles. The Hall–Kier alpha value is -4.91. The second kappa shape index (κ2) is 15.0. The van der Waals surface area contributed by atoms with E-state index in [-0.39, 0.29) is 42.7 Å². The van der Waals surface area contributed by atoms with Crippen LogP contribution < -0.4 is 30.3 Å². The van der Waals surface area contributed by atoms with E-state index in [9.17, 15) is 18.8 Å². The van der Waals surface area contributed by atoms with Gasteiger partial charge in [0.1, 0.15) is 18.2 Å². The average Bonchev–Trinajstić information content (AvgIpc) is 3.00. The number of methoxy groups -OCH3 is 1. The Morgan fingerprint density at radius 1 is 1.05 bits per heavy atom. The van der Waals surface area contributed by atoms with E-state index in [0.29, 0.717) is 22.6 Å².